The molecule has 0 aliphatic carbocycles. The Kier molecular flexibility index (Phi) is 6.49. The summed E-state index contributed by atoms with van der Waals surface area (Å²) < 4.78 is 42.8. The van der Waals surface area contributed by atoms with Gasteiger partial charge >= 0.3 is 0 Å². The van der Waals surface area contributed by atoms with Crippen molar-refractivity contribution in [2.75, 3.05) is 20.2 Å². The average molecular weight is 434 g/mol. The van der Waals surface area contributed by atoms with Gasteiger partial charge in [-0.1, -0.05) is 26.0 Å². The highest BCUT2D eigenvalue weighted by Crippen LogP contribution is 2.27. The highest BCUT2D eigenvalue weighted by Gasteiger charge is 2.27. The van der Waals surface area contributed by atoms with Crippen LogP contribution in [0.25, 0.3) is 10.9 Å². The fourth-order valence-corrected chi connectivity index (χ4v) is 4.91. The molecule has 1 N–H and O–H groups in total. The van der Waals surface area contributed by atoms with E-state index in [0.29, 0.717) is 24.0 Å². The van der Waals surface area contributed by atoms with Crippen LogP contribution in [-0.2, 0) is 21.4 Å². The molecule has 0 spiro atoms. The Morgan fingerprint density at radius 3 is 2.47 bits per heavy atom. The molecule has 1 amide bonds. The molecule has 1 aromatic carbocycles. The van der Waals surface area contributed by atoms with E-state index in [4.69, 9.17) is 0 Å². The third-order valence-corrected chi connectivity index (χ3v) is 6.80. The number of aromatic nitrogens is 2. The Bertz CT molecular complexity index is 1160. The number of nitrogens with one attached hydrogen (secondary N) is 1. The molecule has 0 saturated carbocycles. The Balaban J connectivity index is 2.18. The molecular formula is C20H23FN4O4S. The quantitative estimate of drug-likeness (QED) is 0.550. The molecule has 3 aromatic rings. The number of hydrogen-bond donors (Lipinski definition) is 1. The summed E-state index contributed by atoms with van der Waals surface area (Å²) in [7, 11) is -2.49. The number of rotatable bonds is 8. The van der Waals surface area contributed by atoms with Gasteiger partial charge in [0.2, 0.25) is 0 Å². The zero-order valence-corrected chi connectivity index (χ0v) is 17.7. The molecule has 10 heteroatoms. The summed E-state index contributed by atoms with van der Waals surface area (Å²) in [5.41, 5.74) is 3.55. The zero-order valence-electron chi connectivity index (χ0n) is 16.9. The molecule has 8 nitrogen and oxygen atoms in total. The molecule has 2 aromatic heterocycles. The van der Waals surface area contributed by atoms with E-state index < -0.39 is 15.9 Å². The van der Waals surface area contributed by atoms with Crippen molar-refractivity contribution in [3.63, 3.8) is 0 Å². The topological polar surface area (TPSA) is 93.5 Å². The summed E-state index contributed by atoms with van der Waals surface area (Å²) in [6.07, 6.45) is 1.45. The van der Waals surface area contributed by atoms with Crippen LogP contribution < -0.4 is 5.48 Å². The summed E-state index contributed by atoms with van der Waals surface area (Å²) in [6, 6.07) is 8.88. The van der Waals surface area contributed by atoms with Gasteiger partial charge in [-0.2, -0.15) is 4.31 Å². The van der Waals surface area contributed by atoms with E-state index in [1.54, 1.807) is 30.5 Å². The van der Waals surface area contributed by atoms with Crippen molar-refractivity contribution >= 4 is 26.8 Å². The second-order valence-corrected chi connectivity index (χ2v) is 8.43. The van der Waals surface area contributed by atoms with Crippen molar-refractivity contribution in [3.05, 3.63) is 59.7 Å². The monoisotopic (exact) mass is 434 g/mol. The summed E-state index contributed by atoms with van der Waals surface area (Å²) >= 11 is 0. The van der Waals surface area contributed by atoms with Gasteiger partial charge in [-0.25, -0.2) is 23.3 Å². The summed E-state index contributed by atoms with van der Waals surface area (Å²) in [4.78, 5) is 20.8. The van der Waals surface area contributed by atoms with E-state index in [9.17, 15) is 17.6 Å². The number of nitrogens with zero attached hydrogens (tertiary/aromatic N) is 3. The third kappa shape index (κ3) is 4.20. The van der Waals surface area contributed by atoms with Crippen molar-refractivity contribution < 1.29 is 22.4 Å². The Morgan fingerprint density at radius 2 is 1.87 bits per heavy atom. The lowest BCUT2D eigenvalue weighted by Crippen LogP contribution is -2.32. The van der Waals surface area contributed by atoms with Gasteiger partial charge in [-0.05, 0) is 29.8 Å². The van der Waals surface area contributed by atoms with Crippen LogP contribution in [0.5, 0.6) is 0 Å². The number of fused-ring (bicyclic) bond motifs is 1. The molecule has 160 valence electrons. The Hall–Kier alpha value is -2.82. The minimum Gasteiger partial charge on any atom is -0.325 e. The van der Waals surface area contributed by atoms with Crippen LogP contribution in [0.2, 0.25) is 0 Å². The lowest BCUT2D eigenvalue weighted by Gasteiger charge is -2.20. The van der Waals surface area contributed by atoms with E-state index in [1.807, 2.05) is 0 Å². The van der Waals surface area contributed by atoms with Gasteiger partial charge in [0.15, 0.2) is 5.03 Å². The normalized spacial score (nSPS) is 11.9. The van der Waals surface area contributed by atoms with Gasteiger partial charge in [0.05, 0.1) is 18.8 Å². The Morgan fingerprint density at radius 1 is 1.20 bits per heavy atom. The molecule has 0 aliphatic rings. The molecule has 0 radical (unpaired) electrons. The van der Waals surface area contributed by atoms with Crippen LogP contribution in [0.15, 0.2) is 47.6 Å². The predicted molar refractivity (Wildman–Crippen MR) is 110 cm³/mol. The van der Waals surface area contributed by atoms with E-state index in [2.05, 4.69) is 15.3 Å². The molecule has 0 fully saturated rings. The third-order valence-electron chi connectivity index (χ3n) is 4.74. The van der Waals surface area contributed by atoms with Gasteiger partial charge in [0.1, 0.15) is 11.5 Å². The van der Waals surface area contributed by atoms with Crippen molar-refractivity contribution in [3.8, 4) is 0 Å². The largest absolute Gasteiger partial charge is 0.325 e. The van der Waals surface area contributed by atoms with Gasteiger partial charge in [0.25, 0.3) is 15.9 Å². The predicted octanol–water partition coefficient (Wildman–Crippen LogP) is 2.55. The van der Waals surface area contributed by atoms with Crippen molar-refractivity contribution in [2.45, 2.75) is 25.4 Å². The number of carbonyl (C=O) groups excluding carboxylic acids is 1. The zero-order chi connectivity index (χ0) is 21.9. The Labute approximate surface area is 174 Å². The molecule has 0 unspecified atom stereocenters. The van der Waals surface area contributed by atoms with Crippen molar-refractivity contribution in [1.29, 1.82) is 0 Å². The second kappa shape index (κ2) is 8.90. The van der Waals surface area contributed by atoms with Gasteiger partial charge in [-0.3, -0.25) is 9.63 Å². The molecular weight excluding hydrogens is 411 g/mol. The lowest BCUT2D eigenvalue weighted by molar-refractivity contribution is 0.0532. The van der Waals surface area contributed by atoms with Gasteiger partial charge in [0, 0.05) is 25.0 Å². The second-order valence-electron chi connectivity index (χ2n) is 6.55. The van der Waals surface area contributed by atoms with E-state index in [-0.39, 0.29) is 23.1 Å². The number of sulfonamides is 1. The van der Waals surface area contributed by atoms with Gasteiger partial charge < -0.3 is 4.57 Å². The average Bonchev–Trinajstić information content (AvgIpc) is 3.09. The fraction of sp³-hybridized carbons (Fsp3) is 0.300. The number of halogens is 1. The SMILES string of the molecule is CCN(CC)S(=O)(=O)c1cc2cc(C(=O)NOC)ncc2n1Cc1ccc(F)cc1. The van der Waals surface area contributed by atoms with Crippen LogP contribution in [0.4, 0.5) is 4.39 Å². The van der Waals surface area contributed by atoms with Crippen LogP contribution in [0.1, 0.15) is 29.9 Å². The highest BCUT2D eigenvalue weighted by molar-refractivity contribution is 7.89. The first-order valence-corrected chi connectivity index (χ1v) is 10.8. The van der Waals surface area contributed by atoms with Gasteiger partial charge in [-0.15, -0.1) is 0 Å². The molecule has 30 heavy (non-hydrogen) atoms. The first-order valence-electron chi connectivity index (χ1n) is 9.39. The maximum Gasteiger partial charge on any atom is 0.293 e. The number of carbonyl (C=O) groups is 1. The molecule has 0 atom stereocenters. The van der Waals surface area contributed by atoms with Crippen LogP contribution in [0, 0.1) is 5.82 Å². The highest BCUT2D eigenvalue weighted by atomic mass is 32.2. The molecule has 0 aliphatic heterocycles. The minimum absolute atomic E-state index is 0.0802. The maximum atomic E-state index is 13.3. The molecule has 0 bridgehead atoms. The van der Waals surface area contributed by atoms with E-state index in [0.717, 1.165) is 5.56 Å². The van der Waals surface area contributed by atoms with Crippen LogP contribution in [0.3, 0.4) is 0 Å². The lowest BCUT2D eigenvalue weighted by atomic mass is 10.2. The maximum absolute atomic E-state index is 13.3. The minimum atomic E-state index is -3.80. The number of hydroxylamine groups is 1. The number of amides is 1. The standard InChI is InChI=1S/C20H23FN4O4S/c1-4-24(5-2)30(27,28)19-11-15-10-17(20(26)23-29-3)22-12-18(15)25(19)13-14-6-8-16(21)9-7-14/h6-12H,4-5,13H2,1-3H3,(H,23,26). The first kappa shape index (κ1) is 21.9. The van der Waals surface area contributed by atoms with Crippen molar-refractivity contribution in [1.82, 2.24) is 19.3 Å². The smallest absolute Gasteiger partial charge is 0.293 e. The molecule has 3 rings (SSSR count). The summed E-state index contributed by atoms with van der Waals surface area (Å²) in [5, 5.41) is 0.621. The van der Waals surface area contributed by atoms with Crippen LogP contribution in [-0.4, -0.2) is 48.4 Å². The number of hydrogen-bond acceptors (Lipinski definition) is 5. The van der Waals surface area contributed by atoms with Crippen molar-refractivity contribution in [2.24, 2.45) is 0 Å². The number of pyridine rings is 1. The van der Waals surface area contributed by atoms with E-state index >= 15 is 0 Å². The molecule has 0 saturated heterocycles. The summed E-state index contributed by atoms with van der Waals surface area (Å²) in [6.45, 7) is 4.36. The molecule has 2 heterocycles. The number of benzene rings is 1. The summed E-state index contributed by atoms with van der Waals surface area (Å²) in [5.74, 6) is -0.915. The first-order chi connectivity index (χ1) is 14.3. The van der Waals surface area contributed by atoms with E-state index in [1.165, 1.54) is 41.9 Å². The van der Waals surface area contributed by atoms with Crippen LogP contribution >= 0.6 is 0 Å². The fourth-order valence-electron chi connectivity index (χ4n) is 3.25.